The highest BCUT2D eigenvalue weighted by Gasteiger charge is 2.26. The monoisotopic (exact) mass is 280 g/mol. The predicted octanol–water partition coefficient (Wildman–Crippen LogP) is 1.73. The number of hydrogen-bond acceptors (Lipinski definition) is 5. The molecule has 0 fully saturated rings. The maximum atomic E-state index is 11.3. The molecule has 2 atom stereocenters. The zero-order chi connectivity index (χ0) is 13.8. The standard InChI is InChI=1S/C14H16O4S/c1-2-18-14(17)13(16)11(15)8-10-7-9-5-3-4-6-12(9)19-10/h3-7,11,13,15-16H,2,8H2,1H3/t11-,13+/m1/s1. The van der Waals surface area contributed by atoms with Crippen LogP contribution in [0.2, 0.25) is 0 Å². The van der Waals surface area contributed by atoms with E-state index in [0.29, 0.717) is 0 Å². The second kappa shape index (κ2) is 6.14. The molecule has 0 bridgehead atoms. The molecule has 5 heteroatoms. The Balaban J connectivity index is 2.05. The van der Waals surface area contributed by atoms with E-state index in [4.69, 9.17) is 0 Å². The molecule has 1 heterocycles. The highest BCUT2D eigenvalue weighted by atomic mass is 32.1. The summed E-state index contributed by atoms with van der Waals surface area (Å²) < 4.78 is 5.80. The van der Waals surface area contributed by atoms with Gasteiger partial charge in [-0.15, -0.1) is 11.3 Å². The van der Waals surface area contributed by atoms with Crippen LogP contribution in [0.15, 0.2) is 30.3 Å². The number of fused-ring (bicyclic) bond motifs is 1. The van der Waals surface area contributed by atoms with E-state index in [9.17, 15) is 15.0 Å². The van der Waals surface area contributed by atoms with E-state index >= 15 is 0 Å². The Morgan fingerprint density at radius 1 is 1.37 bits per heavy atom. The number of esters is 1. The highest BCUT2D eigenvalue weighted by molar-refractivity contribution is 7.19. The fourth-order valence-corrected chi connectivity index (χ4v) is 2.95. The van der Waals surface area contributed by atoms with Crippen molar-refractivity contribution in [2.24, 2.45) is 0 Å². The predicted molar refractivity (Wildman–Crippen MR) is 74.2 cm³/mol. The van der Waals surface area contributed by atoms with E-state index in [1.54, 1.807) is 18.3 Å². The second-order valence-electron chi connectivity index (χ2n) is 4.22. The topological polar surface area (TPSA) is 66.8 Å². The molecule has 0 aliphatic rings. The van der Waals surface area contributed by atoms with Crippen LogP contribution in [0.25, 0.3) is 10.1 Å². The van der Waals surface area contributed by atoms with Crippen molar-refractivity contribution in [3.63, 3.8) is 0 Å². The molecule has 1 aromatic carbocycles. The van der Waals surface area contributed by atoms with Crippen LogP contribution in [-0.4, -0.2) is 35.0 Å². The van der Waals surface area contributed by atoms with Gasteiger partial charge in [-0.1, -0.05) is 18.2 Å². The average molecular weight is 280 g/mol. The molecule has 102 valence electrons. The lowest BCUT2D eigenvalue weighted by Crippen LogP contribution is -2.36. The Labute approximate surface area is 115 Å². The highest BCUT2D eigenvalue weighted by Crippen LogP contribution is 2.26. The molecule has 19 heavy (non-hydrogen) atoms. The fraction of sp³-hybridized carbons (Fsp3) is 0.357. The summed E-state index contributed by atoms with van der Waals surface area (Å²) in [4.78, 5) is 12.2. The first-order valence-electron chi connectivity index (χ1n) is 6.12. The zero-order valence-electron chi connectivity index (χ0n) is 10.6. The smallest absolute Gasteiger partial charge is 0.337 e. The molecule has 0 radical (unpaired) electrons. The number of carbonyl (C=O) groups excluding carboxylic acids is 1. The molecule has 0 unspecified atom stereocenters. The molecule has 0 spiro atoms. The van der Waals surface area contributed by atoms with Gasteiger partial charge < -0.3 is 14.9 Å². The third-order valence-corrected chi connectivity index (χ3v) is 3.92. The minimum atomic E-state index is -1.50. The summed E-state index contributed by atoms with van der Waals surface area (Å²) in [7, 11) is 0. The minimum Gasteiger partial charge on any atom is -0.464 e. The molecule has 0 saturated heterocycles. The molecule has 2 rings (SSSR count). The van der Waals surface area contributed by atoms with Crippen LogP contribution in [0.4, 0.5) is 0 Å². The number of aliphatic hydroxyl groups is 2. The van der Waals surface area contributed by atoms with Gasteiger partial charge in [0.15, 0.2) is 6.10 Å². The summed E-state index contributed by atoms with van der Waals surface area (Å²) in [5.74, 6) is -0.781. The maximum Gasteiger partial charge on any atom is 0.337 e. The van der Waals surface area contributed by atoms with E-state index in [-0.39, 0.29) is 13.0 Å². The lowest BCUT2D eigenvalue weighted by molar-refractivity contribution is -0.159. The van der Waals surface area contributed by atoms with Crippen molar-refractivity contribution in [2.75, 3.05) is 6.61 Å². The maximum absolute atomic E-state index is 11.3. The van der Waals surface area contributed by atoms with E-state index in [1.165, 1.54) is 0 Å². The number of benzene rings is 1. The van der Waals surface area contributed by atoms with Crippen molar-refractivity contribution in [3.05, 3.63) is 35.2 Å². The van der Waals surface area contributed by atoms with Crippen LogP contribution in [0.1, 0.15) is 11.8 Å². The van der Waals surface area contributed by atoms with Crippen LogP contribution in [-0.2, 0) is 16.0 Å². The first-order valence-corrected chi connectivity index (χ1v) is 6.93. The third kappa shape index (κ3) is 3.32. The van der Waals surface area contributed by atoms with E-state index < -0.39 is 18.2 Å². The molecule has 2 N–H and O–H groups in total. The van der Waals surface area contributed by atoms with Crippen molar-refractivity contribution in [3.8, 4) is 0 Å². The molecule has 2 aromatic rings. The number of thiophene rings is 1. The Morgan fingerprint density at radius 3 is 2.79 bits per heavy atom. The fourth-order valence-electron chi connectivity index (χ4n) is 1.84. The minimum absolute atomic E-state index is 0.186. The van der Waals surface area contributed by atoms with Gasteiger partial charge in [-0.2, -0.15) is 0 Å². The summed E-state index contributed by atoms with van der Waals surface area (Å²) >= 11 is 1.54. The van der Waals surface area contributed by atoms with Gasteiger partial charge in [-0.3, -0.25) is 0 Å². The van der Waals surface area contributed by atoms with Gasteiger partial charge >= 0.3 is 5.97 Å². The summed E-state index contributed by atoms with van der Waals surface area (Å²) in [6.45, 7) is 1.84. The number of rotatable bonds is 5. The molecular weight excluding hydrogens is 264 g/mol. The molecular formula is C14H16O4S. The van der Waals surface area contributed by atoms with E-state index in [2.05, 4.69) is 4.74 Å². The SMILES string of the molecule is CCOC(=O)[C@@H](O)[C@H](O)Cc1cc2ccccc2s1. The quantitative estimate of drug-likeness (QED) is 0.819. The van der Waals surface area contributed by atoms with Gasteiger partial charge in [0.05, 0.1) is 12.7 Å². The number of ether oxygens (including phenoxy) is 1. The third-order valence-electron chi connectivity index (χ3n) is 2.78. The Morgan fingerprint density at radius 2 is 2.11 bits per heavy atom. The number of hydrogen-bond donors (Lipinski definition) is 2. The summed E-state index contributed by atoms with van der Waals surface area (Å²) in [5, 5.41) is 20.6. The first-order chi connectivity index (χ1) is 9.11. The lowest BCUT2D eigenvalue weighted by Gasteiger charge is -2.15. The van der Waals surface area contributed by atoms with Gasteiger partial charge in [0.2, 0.25) is 0 Å². The van der Waals surface area contributed by atoms with E-state index in [0.717, 1.165) is 15.0 Å². The van der Waals surface area contributed by atoms with Gasteiger partial charge in [0.1, 0.15) is 0 Å². The van der Waals surface area contributed by atoms with Crippen molar-refractivity contribution >= 4 is 27.4 Å². The molecule has 0 aliphatic heterocycles. The summed E-state index contributed by atoms with van der Waals surface area (Å²) in [5.41, 5.74) is 0. The molecule has 0 amide bonds. The number of aliphatic hydroxyl groups excluding tert-OH is 2. The summed E-state index contributed by atoms with van der Waals surface area (Å²) in [6.07, 6.45) is -2.41. The average Bonchev–Trinajstić information content (AvgIpc) is 2.80. The van der Waals surface area contributed by atoms with E-state index in [1.807, 2.05) is 30.3 Å². The Hall–Kier alpha value is -1.43. The van der Waals surface area contributed by atoms with Crippen molar-refractivity contribution in [1.29, 1.82) is 0 Å². The van der Waals surface area contributed by atoms with Crippen molar-refractivity contribution in [2.45, 2.75) is 25.6 Å². The van der Waals surface area contributed by atoms with Crippen molar-refractivity contribution < 1.29 is 19.7 Å². The van der Waals surface area contributed by atoms with Crippen LogP contribution < -0.4 is 0 Å². The Bertz CT molecular complexity index is 530. The van der Waals surface area contributed by atoms with Gasteiger partial charge in [-0.25, -0.2) is 4.79 Å². The first kappa shape index (κ1) is 14.0. The molecule has 0 aliphatic carbocycles. The summed E-state index contributed by atoms with van der Waals surface area (Å²) in [6, 6.07) is 9.84. The largest absolute Gasteiger partial charge is 0.464 e. The molecule has 0 saturated carbocycles. The number of carbonyl (C=O) groups is 1. The molecule has 4 nitrogen and oxygen atoms in total. The van der Waals surface area contributed by atoms with Crippen LogP contribution in [0.3, 0.4) is 0 Å². The van der Waals surface area contributed by atoms with Gasteiger partial charge in [0, 0.05) is 16.0 Å². The van der Waals surface area contributed by atoms with Crippen LogP contribution >= 0.6 is 11.3 Å². The normalized spacial score (nSPS) is 14.3. The zero-order valence-corrected chi connectivity index (χ0v) is 11.4. The van der Waals surface area contributed by atoms with Crippen molar-refractivity contribution in [1.82, 2.24) is 0 Å². The Kier molecular flexibility index (Phi) is 4.52. The van der Waals surface area contributed by atoms with Gasteiger partial charge in [0.25, 0.3) is 0 Å². The van der Waals surface area contributed by atoms with Crippen LogP contribution in [0, 0.1) is 0 Å². The second-order valence-corrected chi connectivity index (χ2v) is 5.39. The van der Waals surface area contributed by atoms with Crippen LogP contribution in [0.5, 0.6) is 0 Å². The lowest BCUT2D eigenvalue weighted by atomic mass is 10.1. The molecule has 1 aromatic heterocycles. The van der Waals surface area contributed by atoms with Gasteiger partial charge in [-0.05, 0) is 24.4 Å².